The van der Waals surface area contributed by atoms with Gasteiger partial charge in [-0.3, -0.25) is 13.9 Å². The van der Waals surface area contributed by atoms with Crippen LogP contribution in [0.5, 0.6) is 5.75 Å². The molecule has 38 heavy (non-hydrogen) atoms. The summed E-state index contributed by atoms with van der Waals surface area (Å²) in [5, 5.41) is 2.63. The Kier molecular flexibility index (Phi) is 9.52. The molecule has 3 aromatic rings. The fraction of sp³-hybridized carbons (Fsp3) is 0.310. The van der Waals surface area contributed by atoms with Gasteiger partial charge in [0.2, 0.25) is 11.8 Å². The third-order valence-electron chi connectivity index (χ3n) is 6.32. The van der Waals surface area contributed by atoms with Gasteiger partial charge < -0.3 is 15.0 Å². The van der Waals surface area contributed by atoms with Crippen LogP contribution in [0.15, 0.2) is 77.7 Å². The van der Waals surface area contributed by atoms with E-state index in [9.17, 15) is 18.0 Å². The van der Waals surface area contributed by atoms with Crippen molar-refractivity contribution in [2.45, 2.75) is 44.7 Å². The maximum atomic E-state index is 14.0. The molecule has 0 radical (unpaired) electrons. The van der Waals surface area contributed by atoms with Crippen LogP contribution >= 0.6 is 0 Å². The van der Waals surface area contributed by atoms with Crippen LogP contribution < -0.4 is 14.4 Å². The Labute approximate surface area is 225 Å². The quantitative estimate of drug-likeness (QED) is 0.398. The number of carbonyl (C=O) groups excluding carboxylic acids is 2. The fourth-order valence-electron chi connectivity index (χ4n) is 4.20. The van der Waals surface area contributed by atoms with Gasteiger partial charge in [0, 0.05) is 13.6 Å². The summed E-state index contributed by atoms with van der Waals surface area (Å²) < 4.78 is 34.4. The number of rotatable bonds is 11. The van der Waals surface area contributed by atoms with Crippen LogP contribution in [0.4, 0.5) is 5.69 Å². The largest absolute Gasteiger partial charge is 0.495 e. The van der Waals surface area contributed by atoms with Crippen molar-refractivity contribution in [1.29, 1.82) is 0 Å². The highest BCUT2D eigenvalue weighted by Crippen LogP contribution is 2.33. The lowest BCUT2D eigenvalue weighted by atomic mass is 10.1. The molecular formula is C29H35N3O5S. The average Bonchev–Trinajstić information content (AvgIpc) is 2.92. The standard InChI is InChI=1S/C29H35N3O5S/c1-6-25(29(34)30-4)31(19-23-15-12-21(2)13-16-23)28(33)20-32(26-18-22(3)14-17-27(26)37-5)38(35,36)24-10-8-7-9-11-24/h7-18,25H,6,19-20H2,1-5H3,(H,30,34)/t25-/m0/s1. The second-order valence-corrected chi connectivity index (χ2v) is 10.9. The van der Waals surface area contributed by atoms with Crippen LogP contribution in [0, 0.1) is 13.8 Å². The number of ether oxygens (including phenoxy) is 1. The van der Waals surface area contributed by atoms with E-state index in [1.165, 1.54) is 31.2 Å². The summed E-state index contributed by atoms with van der Waals surface area (Å²) in [6.45, 7) is 5.25. The number of nitrogens with one attached hydrogen (secondary N) is 1. The van der Waals surface area contributed by atoms with Crippen molar-refractivity contribution in [3.05, 3.63) is 89.5 Å². The minimum absolute atomic E-state index is 0.0415. The Morgan fingerprint density at radius 3 is 2.16 bits per heavy atom. The maximum absolute atomic E-state index is 14.0. The van der Waals surface area contributed by atoms with Crippen molar-refractivity contribution in [2.24, 2.45) is 0 Å². The molecule has 3 aromatic carbocycles. The summed E-state index contributed by atoms with van der Waals surface area (Å²) in [5.41, 5.74) is 2.94. The lowest BCUT2D eigenvalue weighted by molar-refractivity contribution is -0.140. The van der Waals surface area contributed by atoms with Crippen LogP contribution in [0.2, 0.25) is 0 Å². The van der Waals surface area contributed by atoms with Crippen molar-refractivity contribution < 1.29 is 22.7 Å². The van der Waals surface area contributed by atoms with E-state index in [1.807, 2.05) is 45.0 Å². The molecule has 0 spiro atoms. The zero-order chi connectivity index (χ0) is 27.9. The summed E-state index contributed by atoms with van der Waals surface area (Å²) in [6.07, 6.45) is 0.358. The van der Waals surface area contributed by atoms with Crippen LogP contribution in [0.3, 0.4) is 0 Å². The summed E-state index contributed by atoms with van der Waals surface area (Å²) in [5.74, 6) is -0.519. The number of amides is 2. The molecule has 0 saturated heterocycles. The van der Waals surface area contributed by atoms with Crippen molar-refractivity contribution in [2.75, 3.05) is 25.0 Å². The first kappa shape index (κ1) is 28.7. The highest BCUT2D eigenvalue weighted by atomic mass is 32.2. The van der Waals surface area contributed by atoms with Crippen LogP contribution in [0.1, 0.15) is 30.0 Å². The molecule has 0 fully saturated rings. The van der Waals surface area contributed by atoms with Crippen molar-refractivity contribution in [1.82, 2.24) is 10.2 Å². The molecule has 1 N–H and O–H groups in total. The number of benzene rings is 3. The minimum Gasteiger partial charge on any atom is -0.495 e. The van der Waals surface area contributed by atoms with Crippen molar-refractivity contribution in [3.63, 3.8) is 0 Å². The molecule has 0 aliphatic carbocycles. The lowest BCUT2D eigenvalue weighted by Gasteiger charge is -2.33. The van der Waals surface area contributed by atoms with Gasteiger partial charge in [-0.15, -0.1) is 0 Å². The first-order valence-corrected chi connectivity index (χ1v) is 13.8. The van der Waals surface area contributed by atoms with Gasteiger partial charge in [-0.2, -0.15) is 0 Å². The predicted octanol–water partition coefficient (Wildman–Crippen LogP) is 4.06. The molecule has 0 aliphatic rings. The Balaban J connectivity index is 2.11. The predicted molar refractivity (Wildman–Crippen MR) is 149 cm³/mol. The Morgan fingerprint density at radius 2 is 1.58 bits per heavy atom. The van der Waals surface area contributed by atoms with Gasteiger partial charge >= 0.3 is 0 Å². The molecule has 8 nitrogen and oxygen atoms in total. The molecule has 0 bridgehead atoms. The third-order valence-corrected chi connectivity index (χ3v) is 8.09. The number of carbonyl (C=O) groups is 2. The molecule has 0 unspecified atom stereocenters. The zero-order valence-corrected chi connectivity index (χ0v) is 23.3. The van der Waals surface area contributed by atoms with Gasteiger partial charge in [-0.25, -0.2) is 8.42 Å². The molecular weight excluding hydrogens is 502 g/mol. The maximum Gasteiger partial charge on any atom is 0.264 e. The van der Waals surface area contributed by atoms with Gasteiger partial charge in [0.25, 0.3) is 10.0 Å². The monoisotopic (exact) mass is 537 g/mol. The summed E-state index contributed by atoms with van der Waals surface area (Å²) in [7, 11) is -1.20. The SMILES string of the molecule is CC[C@@H](C(=O)NC)N(Cc1ccc(C)cc1)C(=O)CN(c1cc(C)ccc1OC)S(=O)(=O)c1ccccc1. The summed E-state index contributed by atoms with van der Waals surface area (Å²) >= 11 is 0. The number of sulfonamides is 1. The Bertz CT molecular complexity index is 1360. The fourth-order valence-corrected chi connectivity index (χ4v) is 5.64. The van der Waals surface area contributed by atoms with Gasteiger partial charge in [0.05, 0.1) is 17.7 Å². The highest BCUT2D eigenvalue weighted by Gasteiger charge is 2.34. The van der Waals surface area contributed by atoms with E-state index in [-0.39, 0.29) is 23.0 Å². The molecule has 0 aromatic heterocycles. The van der Waals surface area contributed by atoms with Crippen LogP contribution in [0.25, 0.3) is 0 Å². The van der Waals surface area contributed by atoms with E-state index in [0.29, 0.717) is 12.2 Å². The van der Waals surface area contributed by atoms with E-state index < -0.39 is 28.5 Å². The second-order valence-electron chi connectivity index (χ2n) is 9.05. The molecule has 0 saturated carbocycles. The van der Waals surface area contributed by atoms with Gasteiger partial charge in [-0.1, -0.05) is 61.0 Å². The Hall–Kier alpha value is -3.85. The smallest absolute Gasteiger partial charge is 0.264 e. The van der Waals surface area contributed by atoms with E-state index >= 15 is 0 Å². The van der Waals surface area contributed by atoms with Crippen LogP contribution in [-0.2, 0) is 26.2 Å². The molecule has 2 amide bonds. The minimum atomic E-state index is -4.16. The average molecular weight is 538 g/mol. The number of hydrogen-bond acceptors (Lipinski definition) is 5. The summed E-state index contributed by atoms with van der Waals surface area (Å²) in [6, 6.07) is 20.0. The molecule has 0 aliphatic heterocycles. The second kappa shape index (κ2) is 12.6. The Morgan fingerprint density at radius 1 is 0.947 bits per heavy atom. The normalized spacial score (nSPS) is 11.9. The number of nitrogens with zero attached hydrogens (tertiary/aromatic N) is 2. The van der Waals surface area contributed by atoms with Gasteiger partial charge in [-0.05, 0) is 55.7 Å². The van der Waals surface area contributed by atoms with Gasteiger partial charge in [0.15, 0.2) is 0 Å². The first-order valence-electron chi connectivity index (χ1n) is 12.4. The number of aryl methyl sites for hydroxylation is 2. The van der Waals surface area contributed by atoms with Crippen LogP contribution in [-0.4, -0.2) is 51.9 Å². The lowest BCUT2D eigenvalue weighted by Crippen LogP contribution is -2.51. The number of hydrogen-bond donors (Lipinski definition) is 1. The molecule has 9 heteroatoms. The van der Waals surface area contributed by atoms with Gasteiger partial charge in [0.1, 0.15) is 18.3 Å². The van der Waals surface area contributed by atoms with E-state index in [1.54, 1.807) is 36.4 Å². The first-order chi connectivity index (χ1) is 18.1. The van der Waals surface area contributed by atoms with Crippen molar-refractivity contribution in [3.8, 4) is 5.75 Å². The highest BCUT2D eigenvalue weighted by molar-refractivity contribution is 7.92. The molecule has 202 valence electrons. The third kappa shape index (κ3) is 6.52. The topological polar surface area (TPSA) is 96.0 Å². The number of likely N-dealkylation sites (N-methyl/N-ethyl adjacent to an activating group) is 1. The number of methoxy groups -OCH3 is 1. The van der Waals surface area contributed by atoms with E-state index in [4.69, 9.17) is 4.74 Å². The summed E-state index contributed by atoms with van der Waals surface area (Å²) in [4.78, 5) is 28.3. The van der Waals surface area contributed by atoms with E-state index in [0.717, 1.165) is 21.0 Å². The molecule has 0 heterocycles. The zero-order valence-electron chi connectivity index (χ0n) is 22.5. The molecule has 1 atom stereocenters. The molecule has 3 rings (SSSR count). The van der Waals surface area contributed by atoms with E-state index in [2.05, 4.69) is 5.32 Å². The number of anilines is 1. The van der Waals surface area contributed by atoms with Crippen molar-refractivity contribution >= 4 is 27.5 Å².